The Bertz CT molecular complexity index is 580. The minimum absolute atomic E-state index is 0.101. The summed E-state index contributed by atoms with van der Waals surface area (Å²) in [7, 11) is 2.07. The zero-order chi connectivity index (χ0) is 16.4. The lowest BCUT2D eigenvalue weighted by Crippen LogP contribution is -2.59. The van der Waals surface area contributed by atoms with Gasteiger partial charge in [-0.15, -0.1) is 0 Å². The van der Waals surface area contributed by atoms with Gasteiger partial charge in [-0.05, 0) is 44.0 Å². The van der Waals surface area contributed by atoms with Crippen molar-refractivity contribution in [2.75, 3.05) is 33.2 Å². The fourth-order valence-electron chi connectivity index (χ4n) is 3.96. The maximum atomic E-state index is 12.8. The van der Waals surface area contributed by atoms with Crippen LogP contribution in [0.1, 0.15) is 35.3 Å². The molecule has 0 aliphatic carbocycles. The number of carbonyl (C=O) groups excluding carboxylic acids is 1. The van der Waals surface area contributed by atoms with E-state index >= 15 is 0 Å². The van der Waals surface area contributed by atoms with Crippen LogP contribution < -0.4 is 0 Å². The third kappa shape index (κ3) is 3.24. The largest absolute Gasteiger partial charge is 0.392 e. The number of hydrogen-bond acceptors (Lipinski definition) is 5. The number of hydrogen-bond donors (Lipinski definition) is 2. The number of aliphatic hydroxyl groups is 2. The molecule has 0 saturated carbocycles. The van der Waals surface area contributed by atoms with Crippen molar-refractivity contribution in [3.8, 4) is 0 Å². The van der Waals surface area contributed by atoms with Crippen molar-refractivity contribution in [2.24, 2.45) is 5.41 Å². The Kier molecular flexibility index (Phi) is 4.66. The Morgan fingerprint density at radius 3 is 3.04 bits per heavy atom. The van der Waals surface area contributed by atoms with E-state index in [-0.39, 0.29) is 24.0 Å². The van der Waals surface area contributed by atoms with Crippen LogP contribution in [-0.4, -0.2) is 70.2 Å². The van der Waals surface area contributed by atoms with Crippen LogP contribution in [0.3, 0.4) is 0 Å². The standard InChI is InChI=1S/C17H25N3O3/c1-19-8-4-15(22)17(11-19)5-2-7-20(12-17)16(23)14-9-13(10-21)3-6-18-14/h3,6,9,15,21-22H,2,4-5,7-8,10-12H2,1H3/t15-,17-/m0/s1. The van der Waals surface area contributed by atoms with Gasteiger partial charge in [0.2, 0.25) is 0 Å². The van der Waals surface area contributed by atoms with E-state index in [0.717, 1.165) is 32.4 Å². The molecule has 1 aromatic heterocycles. The van der Waals surface area contributed by atoms with Gasteiger partial charge in [-0.3, -0.25) is 9.78 Å². The first-order valence-corrected chi connectivity index (χ1v) is 8.26. The van der Waals surface area contributed by atoms with E-state index in [2.05, 4.69) is 16.9 Å². The number of likely N-dealkylation sites (tertiary alicyclic amines) is 2. The predicted octanol–water partition coefficient (Wildman–Crippen LogP) is 0.493. The third-order valence-electron chi connectivity index (χ3n) is 5.20. The van der Waals surface area contributed by atoms with Crippen LogP contribution >= 0.6 is 0 Å². The van der Waals surface area contributed by atoms with Crippen LogP contribution in [0.4, 0.5) is 0 Å². The first-order valence-electron chi connectivity index (χ1n) is 8.26. The zero-order valence-electron chi connectivity index (χ0n) is 13.6. The Balaban J connectivity index is 1.78. The maximum Gasteiger partial charge on any atom is 0.272 e. The number of piperidine rings is 2. The van der Waals surface area contributed by atoms with Gasteiger partial charge in [0.15, 0.2) is 0 Å². The Hall–Kier alpha value is -1.50. The summed E-state index contributed by atoms with van der Waals surface area (Å²) >= 11 is 0. The van der Waals surface area contributed by atoms with Crippen LogP contribution in [-0.2, 0) is 6.61 Å². The summed E-state index contributed by atoms with van der Waals surface area (Å²) in [4.78, 5) is 21.0. The molecule has 2 fully saturated rings. The molecule has 2 aliphatic rings. The van der Waals surface area contributed by atoms with Gasteiger partial charge >= 0.3 is 0 Å². The average molecular weight is 319 g/mol. The molecule has 2 aliphatic heterocycles. The highest BCUT2D eigenvalue weighted by Gasteiger charge is 2.45. The van der Waals surface area contributed by atoms with E-state index in [4.69, 9.17) is 0 Å². The van der Waals surface area contributed by atoms with Gasteiger partial charge in [-0.1, -0.05) is 0 Å². The molecular weight excluding hydrogens is 294 g/mol. The van der Waals surface area contributed by atoms with E-state index in [0.29, 0.717) is 24.3 Å². The van der Waals surface area contributed by atoms with Crippen molar-refractivity contribution in [1.29, 1.82) is 0 Å². The molecular formula is C17H25N3O3. The molecule has 1 aromatic rings. The quantitative estimate of drug-likeness (QED) is 0.830. The number of amides is 1. The molecule has 0 unspecified atom stereocenters. The molecule has 0 radical (unpaired) electrons. The highest BCUT2D eigenvalue weighted by atomic mass is 16.3. The van der Waals surface area contributed by atoms with Gasteiger partial charge in [0.1, 0.15) is 5.69 Å². The van der Waals surface area contributed by atoms with E-state index in [1.54, 1.807) is 18.3 Å². The highest BCUT2D eigenvalue weighted by Crippen LogP contribution is 2.38. The van der Waals surface area contributed by atoms with Crippen molar-refractivity contribution in [3.05, 3.63) is 29.6 Å². The van der Waals surface area contributed by atoms with Crippen LogP contribution in [0.15, 0.2) is 18.3 Å². The van der Waals surface area contributed by atoms with Crippen molar-refractivity contribution in [2.45, 2.75) is 32.0 Å². The zero-order valence-corrected chi connectivity index (χ0v) is 13.6. The van der Waals surface area contributed by atoms with E-state index in [9.17, 15) is 15.0 Å². The monoisotopic (exact) mass is 319 g/mol. The SMILES string of the molecule is CN1CC[C@H](O)[C@@]2(CCCN(C(=O)c3cc(CO)ccn3)C2)C1. The van der Waals surface area contributed by atoms with Gasteiger partial charge in [0, 0.05) is 37.8 Å². The van der Waals surface area contributed by atoms with Gasteiger partial charge in [0.25, 0.3) is 5.91 Å². The smallest absolute Gasteiger partial charge is 0.272 e. The van der Waals surface area contributed by atoms with Gasteiger partial charge in [-0.2, -0.15) is 0 Å². The van der Waals surface area contributed by atoms with Crippen molar-refractivity contribution in [3.63, 3.8) is 0 Å². The number of rotatable bonds is 2. The second kappa shape index (κ2) is 6.55. The first kappa shape index (κ1) is 16.4. The van der Waals surface area contributed by atoms with Crippen LogP contribution in [0.5, 0.6) is 0 Å². The van der Waals surface area contributed by atoms with E-state index in [1.165, 1.54) is 0 Å². The molecule has 6 heteroatoms. The van der Waals surface area contributed by atoms with Crippen molar-refractivity contribution >= 4 is 5.91 Å². The molecule has 1 amide bonds. The molecule has 126 valence electrons. The van der Waals surface area contributed by atoms with E-state index in [1.807, 2.05) is 4.90 Å². The summed E-state index contributed by atoms with van der Waals surface area (Å²) in [6.45, 7) is 2.89. The van der Waals surface area contributed by atoms with E-state index < -0.39 is 0 Å². The van der Waals surface area contributed by atoms with Crippen LogP contribution in [0.2, 0.25) is 0 Å². The van der Waals surface area contributed by atoms with Gasteiger partial charge in [0.05, 0.1) is 12.7 Å². The Morgan fingerprint density at radius 2 is 2.26 bits per heavy atom. The van der Waals surface area contributed by atoms with Crippen LogP contribution in [0, 0.1) is 5.41 Å². The first-order chi connectivity index (χ1) is 11.0. The fraction of sp³-hybridized carbons (Fsp3) is 0.647. The summed E-state index contributed by atoms with van der Waals surface area (Å²) in [5.41, 5.74) is 0.829. The topological polar surface area (TPSA) is 76.9 Å². The molecule has 0 aromatic carbocycles. The molecule has 2 atom stereocenters. The summed E-state index contributed by atoms with van der Waals surface area (Å²) in [5, 5.41) is 19.8. The molecule has 3 heterocycles. The Labute approximate surface area is 136 Å². The number of carbonyl (C=O) groups is 1. The molecule has 6 nitrogen and oxygen atoms in total. The number of pyridine rings is 1. The molecule has 1 spiro atoms. The lowest BCUT2D eigenvalue weighted by Gasteiger charge is -2.50. The third-order valence-corrected chi connectivity index (χ3v) is 5.20. The summed E-state index contributed by atoms with van der Waals surface area (Å²) in [6, 6.07) is 3.35. The van der Waals surface area contributed by atoms with Gasteiger partial charge < -0.3 is 20.0 Å². The summed E-state index contributed by atoms with van der Waals surface area (Å²) in [6.07, 6.45) is 3.81. The van der Waals surface area contributed by atoms with Crippen molar-refractivity contribution < 1.29 is 15.0 Å². The molecule has 0 bridgehead atoms. The Morgan fingerprint density at radius 1 is 1.43 bits per heavy atom. The molecule has 2 N–H and O–H groups in total. The fourth-order valence-corrected chi connectivity index (χ4v) is 3.96. The predicted molar refractivity (Wildman–Crippen MR) is 85.9 cm³/mol. The minimum Gasteiger partial charge on any atom is -0.392 e. The minimum atomic E-state index is -0.356. The lowest BCUT2D eigenvalue weighted by molar-refractivity contribution is -0.0731. The van der Waals surface area contributed by atoms with Crippen LogP contribution in [0.25, 0.3) is 0 Å². The van der Waals surface area contributed by atoms with Gasteiger partial charge in [-0.25, -0.2) is 0 Å². The molecule has 23 heavy (non-hydrogen) atoms. The van der Waals surface area contributed by atoms with Crippen molar-refractivity contribution in [1.82, 2.24) is 14.8 Å². The average Bonchev–Trinajstić information content (AvgIpc) is 2.58. The highest BCUT2D eigenvalue weighted by molar-refractivity contribution is 5.92. The number of aliphatic hydroxyl groups excluding tert-OH is 2. The molecule has 2 saturated heterocycles. The normalized spacial score (nSPS) is 29.0. The second-order valence-corrected chi connectivity index (χ2v) is 6.94. The summed E-state index contributed by atoms with van der Waals surface area (Å²) in [5.74, 6) is -0.111. The lowest BCUT2D eigenvalue weighted by atomic mass is 9.71. The second-order valence-electron chi connectivity index (χ2n) is 6.94. The molecule has 3 rings (SSSR count). The summed E-state index contributed by atoms with van der Waals surface area (Å²) < 4.78 is 0. The maximum absolute atomic E-state index is 12.8. The number of nitrogens with zero attached hydrogens (tertiary/aromatic N) is 3. The number of aromatic nitrogens is 1.